The molecule has 2 heterocycles. The monoisotopic (exact) mass is 497 g/mol. The Morgan fingerprint density at radius 1 is 1.17 bits per heavy atom. The van der Waals surface area contributed by atoms with Gasteiger partial charge in [0.25, 0.3) is 0 Å². The molecule has 1 fully saturated rings. The Balaban J connectivity index is 1.41. The van der Waals surface area contributed by atoms with Crippen molar-refractivity contribution in [3.05, 3.63) is 53.7 Å². The summed E-state index contributed by atoms with van der Waals surface area (Å²) in [6.07, 6.45) is -1.68. The molecule has 1 aromatic heterocycles. The minimum Gasteiger partial charge on any atom is -0.395 e. The molecule has 36 heavy (non-hydrogen) atoms. The van der Waals surface area contributed by atoms with Gasteiger partial charge in [-0.15, -0.1) is 8.78 Å². The molecule has 2 aliphatic rings. The van der Waals surface area contributed by atoms with Crippen LogP contribution in [0.4, 0.5) is 14.5 Å². The largest absolute Gasteiger partial charge is 0.586 e. The van der Waals surface area contributed by atoms with Crippen LogP contribution in [0.25, 0.3) is 10.9 Å². The topological polar surface area (TPSA) is 96.6 Å². The highest BCUT2D eigenvalue weighted by Gasteiger charge is 2.52. The van der Waals surface area contributed by atoms with Gasteiger partial charge in [-0.05, 0) is 61.0 Å². The molecule has 2 aromatic carbocycles. The normalized spacial score (nSPS) is 18.2. The number of nitrogens with one attached hydrogen (secondary N) is 2. The van der Waals surface area contributed by atoms with Crippen molar-refractivity contribution in [1.82, 2.24) is 4.57 Å². The van der Waals surface area contributed by atoms with Crippen LogP contribution in [-0.2, 0) is 22.2 Å². The van der Waals surface area contributed by atoms with Crippen molar-refractivity contribution < 1.29 is 28.2 Å². The van der Waals surface area contributed by atoms with E-state index in [1.807, 2.05) is 18.2 Å². The fourth-order valence-corrected chi connectivity index (χ4v) is 4.86. The highest BCUT2D eigenvalue weighted by atomic mass is 19.3. The number of halogens is 2. The number of aromatic nitrogens is 1. The number of nitrogens with zero attached hydrogens (tertiary/aromatic N) is 1. The summed E-state index contributed by atoms with van der Waals surface area (Å²) in [6.45, 7) is 6.66. The maximum absolute atomic E-state index is 13.4. The molecule has 0 bridgehead atoms. The molecule has 1 aliphatic heterocycles. The third-order valence-electron chi connectivity index (χ3n) is 6.85. The number of benzene rings is 2. The predicted octanol–water partition coefficient (Wildman–Crippen LogP) is 5.33. The van der Waals surface area contributed by atoms with Gasteiger partial charge in [0.05, 0.1) is 11.5 Å². The van der Waals surface area contributed by atoms with Gasteiger partial charge in [-0.2, -0.15) is 0 Å². The van der Waals surface area contributed by atoms with Gasteiger partial charge in [-0.25, -0.2) is 0 Å². The van der Waals surface area contributed by atoms with Crippen molar-refractivity contribution in [2.75, 3.05) is 5.32 Å². The number of amides is 1. The number of hydrogen-bond acceptors (Lipinski definition) is 5. The van der Waals surface area contributed by atoms with Gasteiger partial charge in [-0.1, -0.05) is 26.8 Å². The lowest BCUT2D eigenvalue weighted by atomic mass is 9.92. The predicted molar refractivity (Wildman–Crippen MR) is 132 cm³/mol. The molecule has 0 radical (unpaired) electrons. The number of anilines is 1. The number of ether oxygens (including phenoxy) is 2. The second-order valence-electron chi connectivity index (χ2n) is 10.6. The molecule has 3 aromatic rings. The van der Waals surface area contributed by atoms with Crippen molar-refractivity contribution >= 4 is 28.7 Å². The second kappa shape index (κ2) is 8.30. The molecular weight excluding hydrogens is 468 g/mol. The Morgan fingerprint density at radius 3 is 2.56 bits per heavy atom. The Kier molecular flexibility index (Phi) is 5.59. The average molecular weight is 498 g/mol. The van der Waals surface area contributed by atoms with Crippen molar-refractivity contribution in [2.24, 2.45) is 0 Å². The molecule has 3 N–H and O–H groups in total. The van der Waals surface area contributed by atoms with Crippen molar-refractivity contribution in [3.8, 4) is 11.5 Å². The van der Waals surface area contributed by atoms with Crippen molar-refractivity contribution in [1.29, 1.82) is 5.41 Å². The first-order valence-electron chi connectivity index (χ1n) is 11.9. The first kappa shape index (κ1) is 24.2. The van der Waals surface area contributed by atoms with Gasteiger partial charge in [0.2, 0.25) is 5.91 Å². The van der Waals surface area contributed by atoms with Crippen LogP contribution in [-0.4, -0.2) is 34.2 Å². The van der Waals surface area contributed by atoms with Gasteiger partial charge in [0, 0.05) is 40.7 Å². The van der Waals surface area contributed by atoms with E-state index in [9.17, 15) is 18.7 Å². The second-order valence-corrected chi connectivity index (χ2v) is 10.6. The van der Waals surface area contributed by atoms with Crippen LogP contribution >= 0.6 is 0 Å². The smallest absolute Gasteiger partial charge is 0.395 e. The van der Waals surface area contributed by atoms with Crippen LogP contribution in [0.3, 0.4) is 0 Å². The van der Waals surface area contributed by atoms with E-state index in [1.54, 1.807) is 6.07 Å². The summed E-state index contributed by atoms with van der Waals surface area (Å²) in [7, 11) is 0. The Bertz CT molecular complexity index is 1360. The van der Waals surface area contributed by atoms with Crippen molar-refractivity contribution in [2.45, 2.75) is 69.8 Å². The number of fused-ring (bicyclic) bond motifs is 2. The van der Waals surface area contributed by atoms with E-state index in [1.165, 1.54) is 18.3 Å². The lowest BCUT2D eigenvalue weighted by molar-refractivity contribution is -0.286. The molecule has 1 unspecified atom stereocenters. The van der Waals surface area contributed by atoms with Crippen LogP contribution in [0.2, 0.25) is 0 Å². The summed E-state index contributed by atoms with van der Waals surface area (Å²) in [4.78, 5) is 13.3. The van der Waals surface area contributed by atoms with Gasteiger partial charge >= 0.3 is 6.29 Å². The summed E-state index contributed by atoms with van der Waals surface area (Å²) < 4.78 is 37.9. The number of aliphatic hydroxyl groups excluding tert-OH is 1. The molecule has 1 saturated carbocycles. The van der Waals surface area contributed by atoms with Crippen LogP contribution in [0.1, 0.15) is 51.3 Å². The molecule has 5 rings (SSSR count). The number of rotatable bonds is 7. The Labute approximate surface area is 207 Å². The summed E-state index contributed by atoms with van der Waals surface area (Å²) in [6, 6.07) is 12.2. The summed E-state index contributed by atoms with van der Waals surface area (Å²) >= 11 is 0. The van der Waals surface area contributed by atoms with E-state index in [-0.39, 0.29) is 29.2 Å². The summed E-state index contributed by atoms with van der Waals surface area (Å²) in [5, 5.41) is 21.6. The SMILES string of the molecule is CC(C)(C)c1cc2cc(NC(=O)C3(c4ccc5c(c4)OC(F)(F)O5)CC3)ccc2n1CC(O)CC=N. The minimum atomic E-state index is -3.70. The number of aliphatic hydroxyl groups is 1. The zero-order valence-corrected chi connectivity index (χ0v) is 20.4. The summed E-state index contributed by atoms with van der Waals surface area (Å²) in [5.41, 5.74) is 2.23. The average Bonchev–Trinajstić information content (AvgIpc) is 3.43. The zero-order chi connectivity index (χ0) is 25.9. The molecule has 190 valence electrons. The fraction of sp³-hybridized carbons (Fsp3) is 0.407. The molecular formula is C27H29F2N3O4. The van der Waals surface area contributed by atoms with Gasteiger partial charge in [0.1, 0.15) is 0 Å². The quantitative estimate of drug-likeness (QED) is 0.385. The van der Waals surface area contributed by atoms with Crippen LogP contribution in [0.15, 0.2) is 42.5 Å². The van der Waals surface area contributed by atoms with E-state index in [4.69, 9.17) is 5.41 Å². The maximum atomic E-state index is 13.4. The van der Waals surface area contributed by atoms with Gasteiger partial charge < -0.3 is 29.9 Å². The van der Waals surface area contributed by atoms with E-state index >= 15 is 0 Å². The summed E-state index contributed by atoms with van der Waals surface area (Å²) in [5.74, 6) is -0.320. The highest BCUT2D eigenvalue weighted by Crippen LogP contribution is 2.52. The van der Waals surface area contributed by atoms with Crippen LogP contribution in [0.5, 0.6) is 11.5 Å². The Hall–Kier alpha value is -3.46. The van der Waals surface area contributed by atoms with Crippen LogP contribution < -0.4 is 14.8 Å². The lowest BCUT2D eigenvalue weighted by Crippen LogP contribution is -2.28. The molecule has 0 spiro atoms. The highest BCUT2D eigenvalue weighted by molar-refractivity contribution is 6.02. The van der Waals surface area contributed by atoms with E-state index in [0.717, 1.165) is 16.6 Å². The molecule has 1 atom stereocenters. The first-order valence-corrected chi connectivity index (χ1v) is 11.9. The number of carbonyl (C=O) groups is 1. The minimum absolute atomic E-state index is 0.0460. The molecule has 0 saturated heterocycles. The molecule has 7 nitrogen and oxygen atoms in total. The molecule has 1 amide bonds. The number of alkyl halides is 2. The fourth-order valence-electron chi connectivity index (χ4n) is 4.86. The lowest BCUT2D eigenvalue weighted by Gasteiger charge is -2.23. The van der Waals surface area contributed by atoms with Gasteiger partial charge in [0.15, 0.2) is 11.5 Å². The third kappa shape index (κ3) is 4.32. The van der Waals surface area contributed by atoms with E-state index in [2.05, 4.69) is 46.2 Å². The third-order valence-corrected chi connectivity index (χ3v) is 6.85. The standard InChI is InChI=1S/C27H29F2N3O4/c1-25(2,3)23-13-16-12-18(5-6-20(16)32(23)15-19(33)8-11-30)31-24(34)26(9-10-26)17-4-7-21-22(14-17)36-27(28,29)35-21/h4-7,11-14,19,30,33H,8-10,15H2,1-3H3,(H,31,34). The maximum Gasteiger partial charge on any atom is 0.586 e. The zero-order valence-electron chi connectivity index (χ0n) is 20.4. The van der Waals surface area contributed by atoms with Crippen LogP contribution in [0, 0.1) is 5.41 Å². The van der Waals surface area contributed by atoms with E-state index in [0.29, 0.717) is 30.6 Å². The molecule has 1 aliphatic carbocycles. The van der Waals surface area contributed by atoms with Gasteiger partial charge in [-0.3, -0.25) is 4.79 Å². The first-order chi connectivity index (χ1) is 16.9. The van der Waals surface area contributed by atoms with Crippen molar-refractivity contribution in [3.63, 3.8) is 0 Å². The van der Waals surface area contributed by atoms with E-state index < -0.39 is 17.8 Å². The Morgan fingerprint density at radius 2 is 1.89 bits per heavy atom. The number of carbonyl (C=O) groups excluding carboxylic acids is 1. The number of hydrogen-bond donors (Lipinski definition) is 3. The molecule has 9 heteroatoms.